The summed E-state index contributed by atoms with van der Waals surface area (Å²) >= 11 is 0. The molecule has 1 aliphatic heterocycles. The molecule has 0 aromatic carbocycles. The molecule has 0 radical (unpaired) electrons. The molecule has 26 heavy (non-hydrogen) atoms. The summed E-state index contributed by atoms with van der Waals surface area (Å²) in [5, 5.41) is 7.41. The highest BCUT2D eigenvalue weighted by Crippen LogP contribution is 2.31. The Morgan fingerprint density at radius 2 is 2.12 bits per heavy atom. The lowest BCUT2D eigenvalue weighted by Crippen LogP contribution is -2.39. The van der Waals surface area contributed by atoms with Gasteiger partial charge in [-0.3, -0.25) is 19.4 Å². The summed E-state index contributed by atoms with van der Waals surface area (Å²) in [4.78, 5) is 31.8. The average Bonchev–Trinajstić information content (AvgIpc) is 3.25. The quantitative estimate of drug-likeness (QED) is 0.759. The van der Waals surface area contributed by atoms with Gasteiger partial charge in [0.1, 0.15) is 5.69 Å². The zero-order valence-corrected chi connectivity index (χ0v) is 15.2. The highest BCUT2D eigenvalue weighted by atomic mass is 16.2. The number of aromatic amines is 1. The van der Waals surface area contributed by atoms with Crippen LogP contribution in [-0.4, -0.2) is 41.7 Å². The van der Waals surface area contributed by atoms with Crippen LogP contribution in [0.3, 0.4) is 0 Å². The van der Waals surface area contributed by atoms with E-state index >= 15 is 0 Å². The van der Waals surface area contributed by atoms with Crippen LogP contribution in [0.25, 0.3) is 5.65 Å². The Labute approximate surface area is 150 Å². The van der Waals surface area contributed by atoms with Crippen molar-refractivity contribution in [2.45, 2.75) is 39.2 Å². The van der Waals surface area contributed by atoms with Crippen molar-refractivity contribution in [2.75, 3.05) is 6.54 Å². The minimum atomic E-state index is -0.111. The van der Waals surface area contributed by atoms with Crippen LogP contribution in [0.1, 0.15) is 52.7 Å². The normalized spacial score (nSPS) is 17.8. The Balaban J connectivity index is 1.75. The predicted octanol–water partition coefficient (Wildman–Crippen LogP) is 1.74. The Bertz CT molecular complexity index is 1040. The molecule has 1 fully saturated rings. The summed E-state index contributed by atoms with van der Waals surface area (Å²) in [5.74, 6) is -0.0818. The van der Waals surface area contributed by atoms with E-state index in [4.69, 9.17) is 0 Å². The number of fused-ring (bicyclic) bond motifs is 1. The number of hydrogen-bond donors (Lipinski definition) is 1. The van der Waals surface area contributed by atoms with Gasteiger partial charge in [-0.25, -0.2) is 9.50 Å². The average molecular weight is 354 g/mol. The Morgan fingerprint density at radius 1 is 1.31 bits per heavy atom. The fraction of sp³-hybridized carbons (Fsp3) is 0.444. The number of rotatable bonds is 2. The SMILES string of the molecule is Cc1nc2cc([C@H]3CCCCN3C(=O)c3ccn(C)n3)[nH]n2c(=O)c1C. The number of nitrogens with zero attached hydrogens (tertiary/aromatic N) is 5. The molecule has 3 aromatic heterocycles. The lowest BCUT2D eigenvalue weighted by Gasteiger charge is -2.34. The molecule has 0 aliphatic carbocycles. The zero-order valence-electron chi connectivity index (χ0n) is 15.2. The second-order valence-corrected chi connectivity index (χ2v) is 6.92. The van der Waals surface area contributed by atoms with E-state index in [0.29, 0.717) is 23.4 Å². The first-order chi connectivity index (χ1) is 12.5. The summed E-state index contributed by atoms with van der Waals surface area (Å²) in [7, 11) is 1.80. The van der Waals surface area contributed by atoms with Crippen LogP contribution in [0, 0.1) is 13.8 Å². The maximum Gasteiger partial charge on any atom is 0.275 e. The molecule has 8 nitrogen and oxygen atoms in total. The highest BCUT2D eigenvalue weighted by molar-refractivity contribution is 5.92. The number of carbonyl (C=O) groups excluding carboxylic acids is 1. The molecule has 8 heteroatoms. The monoisotopic (exact) mass is 354 g/mol. The highest BCUT2D eigenvalue weighted by Gasteiger charge is 2.31. The first-order valence-corrected chi connectivity index (χ1v) is 8.85. The lowest BCUT2D eigenvalue weighted by atomic mass is 9.99. The maximum absolute atomic E-state index is 12.9. The summed E-state index contributed by atoms with van der Waals surface area (Å²) in [6, 6.07) is 3.50. The van der Waals surface area contributed by atoms with Gasteiger partial charge in [-0.15, -0.1) is 0 Å². The first kappa shape index (κ1) is 16.6. The molecule has 4 rings (SSSR count). The van der Waals surface area contributed by atoms with Crippen molar-refractivity contribution < 1.29 is 4.79 Å². The van der Waals surface area contributed by atoms with E-state index in [-0.39, 0.29) is 17.5 Å². The number of likely N-dealkylation sites (tertiary alicyclic amines) is 1. The molecule has 1 amide bonds. The summed E-state index contributed by atoms with van der Waals surface area (Å²) < 4.78 is 3.10. The van der Waals surface area contributed by atoms with Crippen molar-refractivity contribution in [1.82, 2.24) is 29.3 Å². The number of amides is 1. The van der Waals surface area contributed by atoms with Gasteiger partial charge in [0.15, 0.2) is 5.65 Å². The number of aromatic nitrogens is 5. The topological polar surface area (TPSA) is 88.3 Å². The summed E-state index contributed by atoms with van der Waals surface area (Å²) in [6.07, 6.45) is 4.61. The van der Waals surface area contributed by atoms with Crippen LogP contribution in [0.15, 0.2) is 23.1 Å². The van der Waals surface area contributed by atoms with Crippen molar-refractivity contribution in [3.8, 4) is 0 Å². The van der Waals surface area contributed by atoms with Gasteiger partial charge in [-0.1, -0.05) is 0 Å². The van der Waals surface area contributed by atoms with E-state index < -0.39 is 0 Å². The number of piperidine rings is 1. The van der Waals surface area contributed by atoms with E-state index in [9.17, 15) is 9.59 Å². The van der Waals surface area contributed by atoms with Crippen LogP contribution >= 0.6 is 0 Å². The summed E-state index contributed by atoms with van der Waals surface area (Å²) in [5.41, 5.74) is 3.12. The summed E-state index contributed by atoms with van der Waals surface area (Å²) in [6.45, 7) is 4.28. The van der Waals surface area contributed by atoms with Crippen LogP contribution in [0.4, 0.5) is 0 Å². The number of hydrogen-bond acceptors (Lipinski definition) is 4. The van der Waals surface area contributed by atoms with Crippen LogP contribution in [-0.2, 0) is 7.05 Å². The van der Waals surface area contributed by atoms with E-state index in [1.807, 2.05) is 17.9 Å². The molecule has 136 valence electrons. The second kappa shape index (κ2) is 6.12. The van der Waals surface area contributed by atoms with Crippen molar-refractivity contribution in [1.29, 1.82) is 0 Å². The van der Waals surface area contributed by atoms with Gasteiger partial charge in [-0.2, -0.15) is 5.10 Å². The molecule has 1 aliphatic rings. The van der Waals surface area contributed by atoms with Crippen LogP contribution < -0.4 is 5.56 Å². The molecule has 0 bridgehead atoms. The van der Waals surface area contributed by atoms with Crippen molar-refractivity contribution in [3.05, 3.63) is 51.3 Å². The van der Waals surface area contributed by atoms with Crippen LogP contribution in [0.2, 0.25) is 0 Å². The Kier molecular flexibility index (Phi) is 3.90. The lowest BCUT2D eigenvalue weighted by molar-refractivity contribution is 0.0598. The third-order valence-corrected chi connectivity index (χ3v) is 5.16. The minimum absolute atomic E-state index is 0.0818. The second-order valence-electron chi connectivity index (χ2n) is 6.92. The Morgan fingerprint density at radius 3 is 2.85 bits per heavy atom. The molecular formula is C18H22N6O2. The van der Waals surface area contributed by atoms with E-state index in [1.165, 1.54) is 4.52 Å². The smallest absolute Gasteiger partial charge is 0.275 e. The molecule has 1 N–H and O–H groups in total. The standard InChI is InChI=1S/C18H22N6O2/c1-11-12(2)19-16-10-14(21-24(16)17(11)25)15-6-4-5-8-23(15)18(26)13-7-9-22(3)20-13/h7,9-10,15,21H,4-6,8H2,1-3H3/t15-/m1/s1. The minimum Gasteiger partial charge on any atom is -0.329 e. The number of H-pyrrole nitrogens is 1. The molecule has 4 heterocycles. The first-order valence-electron chi connectivity index (χ1n) is 8.85. The van der Waals surface area contributed by atoms with Gasteiger partial charge in [0.2, 0.25) is 0 Å². The maximum atomic E-state index is 12.9. The van der Waals surface area contributed by atoms with Gasteiger partial charge in [0.05, 0.1) is 11.7 Å². The van der Waals surface area contributed by atoms with Crippen molar-refractivity contribution >= 4 is 11.6 Å². The largest absolute Gasteiger partial charge is 0.329 e. The van der Waals surface area contributed by atoms with Gasteiger partial charge in [0.25, 0.3) is 11.5 Å². The third kappa shape index (κ3) is 2.61. The molecule has 0 saturated carbocycles. The van der Waals surface area contributed by atoms with Gasteiger partial charge >= 0.3 is 0 Å². The molecular weight excluding hydrogens is 332 g/mol. The third-order valence-electron chi connectivity index (χ3n) is 5.16. The molecule has 1 saturated heterocycles. The fourth-order valence-electron chi connectivity index (χ4n) is 3.58. The van der Waals surface area contributed by atoms with E-state index in [1.54, 1.807) is 30.9 Å². The fourth-order valence-corrected chi connectivity index (χ4v) is 3.58. The molecule has 1 atom stereocenters. The molecule has 0 unspecified atom stereocenters. The molecule has 3 aromatic rings. The van der Waals surface area contributed by atoms with Gasteiger partial charge in [-0.05, 0) is 39.2 Å². The Hall–Kier alpha value is -2.90. The zero-order chi connectivity index (χ0) is 18.4. The van der Waals surface area contributed by atoms with Gasteiger partial charge in [0, 0.05) is 37.1 Å². The number of carbonyl (C=O) groups is 1. The van der Waals surface area contributed by atoms with Crippen LogP contribution in [0.5, 0.6) is 0 Å². The molecule has 0 spiro atoms. The number of nitrogens with one attached hydrogen (secondary N) is 1. The predicted molar refractivity (Wildman–Crippen MR) is 96.1 cm³/mol. The van der Waals surface area contributed by atoms with Crippen molar-refractivity contribution in [3.63, 3.8) is 0 Å². The van der Waals surface area contributed by atoms with Crippen molar-refractivity contribution in [2.24, 2.45) is 7.05 Å². The van der Waals surface area contributed by atoms with E-state index in [2.05, 4.69) is 15.2 Å². The van der Waals surface area contributed by atoms with Gasteiger partial charge < -0.3 is 4.90 Å². The van der Waals surface area contributed by atoms with E-state index in [0.717, 1.165) is 30.7 Å². The number of aryl methyl sites for hydroxylation is 2.